The van der Waals surface area contributed by atoms with Crippen molar-refractivity contribution in [3.63, 3.8) is 0 Å². The summed E-state index contributed by atoms with van der Waals surface area (Å²) < 4.78 is 29.8. The fourth-order valence-corrected chi connectivity index (χ4v) is 4.98. The molecule has 0 aliphatic heterocycles. The maximum atomic E-state index is 13.5. The molecule has 154 valence electrons. The zero-order chi connectivity index (χ0) is 21.3. The lowest BCUT2D eigenvalue weighted by Gasteiger charge is -2.12. The van der Waals surface area contributed by atoms with Gasteiger partial charge in [-0.05, 0) is 61.4 Å². The van der Waals surface area contributed by atoms with Crippen LogP contribution in [0.25, 0.3) is 16.7 Å². The molecule has 0 bridgehead atoms. The molecule has 0 spiro atoms. The van der Waals surface area contributed by atoms with Gasteiger partial charge in [-0.25, -0.2) is 22.1 Å². The molecule has 0 atom stereocenters. The highest BCUT2D eigenvalue weighted by Gasteiger charge is 2.24. The van der Waals surface area contributed by atoms with Crippen LogP contribution in [0.15, 0.2) is 65.8 Å². The van der Waals surface area contributed by atoms with Crippen LogP contribution in [0.3, 0.4) is 0 Å². The first-order valence-electron chi connectivity index (χ1n) is 9.10. The molecule has 0 radical (unpaired) electrons. The largest absolute Gasteiger partial charge is 0.481 e. The Morgan fingerprint density at radius 3 is 2.57 bits per heavy atom. The number of aromatic nitrogens is 4. The van der Waals surface area contributed by atoms with Crippen molar-refractivity contribution >= 4 is 38.6 Å². The van der Waals surface area contributed by atoms with Gasteiger partial charge in [-0.3, -0.25) is 4.79 Å². The van der Waals surface area contributed by atoms with Gasteiger partial charge in [-0.2, -0.15) is 5.10 Å². The lowest BCUT2D eigenvalue weighted by Crippen LogP contribution is -2.16. The average Bonchev–Trinajstić information content (AvgIpc) is 3.35. The SMILES string of the molecule is O=C(O)CCCc1cc2nc(Cl)ccc2n1S(=O)(=O)c1ccc(-n2cccn2)cc1. The van der Waals surface area contributed by atoms with Crippen LogP contribution in [0.5, 0.6) is 0 Å². The Hall–Kier alpha value is -3.17. The molecule has 4 rings (SSSR count). The highest BCUT2D eigenvalue weighted by molar-refractivity contribution is 7.90. The number of carboxylic acid groups (broad SMARTS) is 1. The Morgan fingerprint density at radius 2 is 1.90 bits per heavy atom. The molecular weight excluding hydrogens is 428 g/mol. The monoisotopic (exact) mass is 444 g/mol. The number of carbonyl (C=O) groups is 1. The van der Waals surface area contributed by atoms with Gasteiger partial charge in [0.05, 0.1) is 21.6 Å². The molecule has 0 aliphatic rings. The van der Waals surface area contributed by atoms with Gasteiger partial charge in [0, 0.05) is 24.5 Å². The van der Waals surface area contributed by atoms with Gasteiger partial charge in [0.2, 0.25) is 0 Å². The molecule has 1 aromatic carbocycles. The Kier molecular flexibility index (Phi) is 5.31. The van der Waals surface area contributed by atoms with Crippen LogP contribution in [-0.2, 0) is 21.2 Å². The molecule has 30 heavy (non-hydrogen) atoms. The first-order valence-corrected chi connectivity index (χ1v) is 10.9. The summed E-state index contributed by atoms with van der Waals surface area (Å²) in [5.41, 5.74) is 2.01. The van der Waals surface area contributed by atoms with E-state index in [0.29, 0.717) is 23.1 Å². The van der Waals surface area contributed by atoms with Crippen LogP contribution in [0, 0.1) is 0 Å². The molecule has 8 nitrogen and oxygen atoms in total. The van der Waals surface area contributed by atoms with Crippen molar-refractivity contribution in [2.24, 2.45) is 0 Å². The summed E-state index contributed by atoms with van der Waals surface area (Å²) in [5, 5.41) is 13.3. The smallest absolute Gasteiger partial charge is 0.303 e. The second kappa shape index (κ2) is 7.92. The lowest BCUT2D eigenvalue weighted by atomic mass is 10.2. The molecule has 10 heteroatoms. The topological polar surface area (TPSA) is 107 Å². The minimum atomic E-state index is -3.95. The predicted molar refractivity (Wildman–Crippen MR) is 111 cm³/mol. The van der Waals surface area contributed by atoms with E-state index >= 15 is 0 Å². The number of aliphatic carboxylic acids is 1. The molecular formula is C20H17ClN4O4S. The molecule has 3 heterocycles. The Bertz CT molecular complexity index is 1310. The van der Waals surface area contributed by atoms with E-state index in [4.69, 9.17) is 16.7 Å². The van der Waals surface area contributed by atoms with Gasteiger partial charge in [0.25, 0.3) is 10.0 Å². The second-order valence-electron chi connectivity index (χ2n) is 6.64. The summed E-state index contributed by atoms with van der Waals surface area (Å²) in [6, 6.07) is 12.9. The summed E-state index contributed by atoms with van der Waals surface area (Å²) in [6.45, 7) is 0. The van der Waals surface area contributed by atoms with Gasteiger partial charge < -0.3 is 5.11 Å². The normalized spacial score (nSPS) is 11.8. The fraction of sp³-hybridized carbons (Fsp3) is 0.150. The third-order valence-electron chi connectivity index (χ3n) is 4.62. The van der Waals surface area contributed by atoms with E-state index in [9.17, 15) is 13.2 Å². The Labute approximate surface area is 177 Å². The van der Waals surface area contributed by atoms with E-state index < -0.39 is 16.0 Å². The molecule has 0 fully saturated rings. The van der Waals surface area contributed by atoms with Crippen LogP contribution in [0.4, 0.5) is 0 Å². The maximum Gasteiger partial charge on any atom is 0.303 e. The van der Waals surface area contributed by atoms with Crippen LogP contribution >= 0.6 is 11.6 Å². The van der Waals surface area contributed by atoms with E-state index in [1.54, 1.807) is 47.4 Å². The van der Waals surface area contributed by atoms with Crippen molar-refractivity contribution in [3.05, 3.63) is 71.8 Å². The number of halogens is 1. The van der Waals surface area contributed by atoms with E-state index in [0.717, 1.165) is 5.69 Å². The van der Waals surface area contributed by atoms with Gasteiger partial charge in [-0.15, -0.1) is 0 Å². The van der Waals surface area contributed by atoms with E-state index in [1.807, 2.05) is 0 Å². The molecule has 3 aromatic heterocycles. The third kappa shape index (κ3) is 3.81. The number of fused-ring (bicyclic) bond motifs is 1. The second-order valence-corrected chi connectivity index (χ2v) is 8.81. The zero-order valence-corrected chi connectivity index (χ0v) is 17.2. The number of carboxylic acids is 1. The van der Waals surface area contributed by atoms with E-state index in [-0.39, 0.29) is 22.9 Å². The molecule has 4 aromatic rings. The summed E-state index contributed by atoms with van der Waals surface area (Å²) in [4.78, 5) is 15.2. The van der Waals surface area contributed by atoms with Gasteiger partial charge in [0.1, 0.15) is 5.15 Å². The van der Waals surface area contributed by atoms with Crippen molar-refractivity contribution in [2.45, 2.75) is 24.2 Å². The Balaban J connectivity index is 1.78. The zero-order valence-electron chi connectivity index (χ0n) is 15.6. The van der Waals surface area contributed by atoms with Crippen LogP contribution in [0.1, 0.15) is 18.5 Å². The predicted octanol–water partition coefficient (Wildman–Crippen LogP) is 3.52. The standard InChI is InChI=1S/C20H17ClN4O4S/c21-19-10-9-18-17(23-19)13-15(3-1-4-20(26)27)25(18)30(28,29)16-7-5-14(6-8-16)24-12-2-11-22-24/h2,5-13H,1,3-4H2,(H,26,27). The highest BCUT2D eigenvalue weighted by Crippen LogP contribution is 2.27. The van der Waals surface area contributed by atoms with Crippen molar-refractivity contribution < 1.29 is 18.3 Å². The van der Waals surface area contributed by atoms with Crippen molar-refractivity contribution in [1.82, 2.24) is 18.7 Å². The Morgan fingerprint density at radius 1 is 1.13 bits per heavy atom. The number of benzene rings is 1. The minimum absolute atomic E-state index is 0.0612. The molecule has 0 unspecified atom stereocenters. The summed E-state index contributed by atoms with van der Waals surface area (Å²) in [6.07, 6.45) is 3.91. The van der Waals surface area contributed by atoms with Crippen molar-refractivity contribution in [3.8, 4) is 5.69 Å². The molecule has 0 saturated carbocycles. The number of hydrogen-bond donors (Lipinski definition) is 1. The molecule has 0 saturated heterocycles. The molecule has 0 aliphatic carbocycles. The van der Waals surface area contributed by atoms with Gasteiger partial charge in [0.15, 0.2) is 0 Å². The molecule has 1 N–H and O–H groups in total. The van der Waals surface area contributed by atoms with E-state index in [2.05, 4.69) is 10.1 Å². The number of pyridine rings is 1. The van der Waals surface area contributed by atoms with Crippen LogP contribution < -0.4 is 0 Å². The number of aryl methyl sites for hydroxylation is 1. The minimum Gasteiger partial charge on any atom is -0.481 e. The number of nitrogens with zero attached hydrogens (tertiary/aromatic N) is 4. The summed E-state index contributed by atoms with van der Waals surface area (Å²) in [5.74, 6) is -0.934. The van der Waals surface area contributed by atoms with Crippen molar-refractivity contribution in [1.29, 1.82) is 0 Å². The summed E-state index contributed by atoms with van der Waals surface area (Å²) in [7, 11) is -3.95. The third-order valence-corrected chi connectivity index (χ3v) is 6.61. The van der Waals surface area contributed by atoms with E-state index in [1.165, 1.54) is 22.2 Å². The molecule has 0 amide bonds. The fourth-order valence-electron chi connectivity index (χ4n) is 3.27. The van der Waals surface area contributed by atoms with Crippen molar-refractivity contribution in [2.75, 3.05) is 0 Å². The number of hydrogen-bond acceptors (Lipinski definition) is 5. The quantitative estimate of drug-likeness (QED) is 0.437. The first-order chi connectivity index (χ1) is 14.4. The first kappa shape index (κ1) is 20.1. The van der Waals surface area contributed by atoms with Gasteiger partial charge in [-0.1, -0.05) is 11.6 Å². The summed E-state index contributed by atoms with van der Waals surface area (Å²) >= 11 is 5.97. The lowest BCUT2D eigenvalue weighted by molar-refractivity contribution is -0.137. The maximum absolute atomic E-state index is 13.5. The van der Waals surface area contributed by atoms with Crippen LogP contribution in [0.2, 0.25) is 5.15 Å². The number of rotatable bonds is 7. The highest BCUT2D eigenvalue weighted by atomic mass is 35.5. The average molecular weight is 445 g/mol. The van der Waals surface area contributed by atoms with Crippen LogP contribution in [-0.4, -0.2) is 38.2 Å². The van der Waals surface area contributed by atoms with Gasteiger partial charge >= 0.3 is 5.97 Å².